The number of anilines is 6. The molecule has 1 aliphatic carbocycles. The Bertz CT molecular complexity index is 4150. The van der Waals surface area contributed by atoms with Gasteiger partial charge in [0.25, 0.3) is 0 Å². The van der Waals surface area contributed by atoms with Gasteiger partial charge in [-0.15, -0.1) is 0 Å². The number of hydrogen-bond acceptors (Lipinski definition) is 4. The van der Waals surface area contributed by atoms with E-state index in [0.29, 0.717) is 0 Å². The average molecular weight is 935 g/mol. The molecule has 0 N–H and O–H groups in total. The molecule has 2 aromatic heterocycles. The van der Waals surface area contributed by atoms with Crippen molar-refractivity contribution in [3.05, 3.63) is 216 Å². The Morgan fingerprint density at radius 1 is 0.361 bits per heavy atom. The molecular formula is C68H58N2O2. The van der Waals surface area contributed by atoms with E-state index in [1.807, 2.05) is 12.1 Å². The van der Waals surface area contributed by atoms with Gasteiger partial charge < -0.3 is 18.6 Å². The second-order valence-electron chi connectivity index (χ2n) is 22.6. The predicted octanol–water partition coefficient (Wildman–Crippen LogP) is 19.9. The first-order chi connectivity index (χ1) is 34.6. The van der Waals surface area contributed by atoms with E-state index in [9.17, 15) is 0 Å². The second kappa shape index (κ2) is 15.7. The van der Waals surface area contributed by atoms with Crippen molar-refractivity contribution in [2.45, 2.75) is 78.6 Å². The van der Waals surface area contributed by atoms with Crippen molar-refractivity contribution in [2.75, 3.05) is 9.80 Å². The molecule has 0 saturated heterocycles. The third-order valence-corrected chi connectivity index (χ3v) is 15.7. The van der Waals surface area contributed by atoms with Gasteiger partial charge in [0.05, 0.1) is 0 Å². The van der Waals surface area contributed by atoms with Crippen molar-refractivity contribution in [1.82, 2.24) is 0 Å². The van der Waals surface area contributed by atoms with Gasteiger partial charge in [-0.2, -0.15) is 0 Å². The molecule has 4 heteroatoms. The molecule has 72 heavy (non-hydrogen) atoms. The first kappa shape index (κ1) is 43.9. The lowest BCUT2D eigenvalue weighted by Crippen LogP contribution is -2.25. The van der Waals surface area contributed by atoms with E-state index in [4.69, 9.17) is 8.83 Å². The number of benzene rings is 10. The number of hydrogen-bond donors (Lipinski definition) is 0. The van der Waals surface area contributed by atoms with E-state index >= 15 is 0 Å². The molecule has 0 amide bonds. The van der Waals surface area contributed by atoms with Gasteiger partial charge in [-0.3, -0.25) is 0 Å². The summed E-state index contributed by atoms with van der Waals surface area (Å²) in [5, 5.41) is 9.57. The maximum Gasteiger partial charge on any atom is 0.135 e. The molecule has 2 heterocycles. The summed E-state index contributed by atoms with van der Waals surface area (Å²) in [6.07, 6.45) is 0. The lowest BCUT2D eigenvalue weighted by atomic mass is 9.67. The van der Waals surface area contributed by atoms with E-state index in [1.165, 1.54) is 60.5 Å². The monoisotopic (exact) mass is 934 g/mol. The number of rotatable bonds is 6. The molecule has 13 rings (SSSR count). The molecule has 0 radical (unpaired) electrons. The maximum atomic E-state index is 6.33. The summed E-state index contributed by atoms with van der Waals surface area (Å²) in [4.78, 5) is 4.83. The highest BCUT2D eigenvalue weighted by molar-refractivity contribution is 6.19. The van der Waals surface area contributed by atoms with Crippen LogP contribution in [0.3, 0.4) is 0 Å². The fraction of sp³-hybridized carbons (Fsp3) is 0.176. The molecule has 0 fully saturated rings. The van der Waals surface area contributed by atoms with E-state index < -0.39 is 0 Å². The number of fused-ring (bicyclic) bond motifs is 10. The fourth-order valence-electron chi connectivity index (χ4n) is 11.8. The van der Waals surface area contributed by atoms with Gasteiger partial charge in [0, 0.05) is 61.1 Å². The van der Waals surface area contributed by atoms with Crippen LogP contribution in [0.5, 0.6) is 0 Å². The summed E-state index contributed by atoms with van der Waals surface area (Å²) in [5.41, 5.74) is 19.1. The third kappa shape index (κ3) is 6.79. The number of para-hydroxylation sites is 2. The molecule has 352 valence electrons. The number of furan rings is 2. The topological polar surface area (TPSA) is 32.8 Å². The Balaban J connectivity index is 0.985. The van der Waals surface area contributed by atoms with E-state index in [1.54, 1.807) is 0 Å². The van der Waals surface area contributed by atoms with Gasteiger partial charge in [-0.05, 0) is 175 Å². The van der Waals surface area contributed by atoms with Gasteiger partial charge in [0.1, 0.15) is 22.3 Å². The normalized spacial score (nSPS) is 13.5. The summed E-state index contributed by atoms with van der Waals surface area (Å²) in [6.45, 7) is 20.8. The predicted molar refractivity (Wildman–Crippen MR) is 305 cm³/mol. The van der Waals surface area contributed by atoms with Gasteiger partial charge >= 0.3 is 0 Å². The van der Waals surface area contributed by atoms with Gasteiger partial charge in [-0.1, -0.05) is 146 Å². The number of aryl methyl sites for hydroxylation is 1. The minimum Gasteiger partial charge on any atom is -0.456 e. The zero-order valence-corrected chi connectivity index (χ0v) is 42.6. The number of nitrogens with zero attached hydrogens (tertiary/aromatic N) is 2. The van der Waals surface area contributed by atoms with Crippen LogP contribution >= 0.6 is 0 Å². The molecule has 1 aliphatic rings. The van der Waals surface area contributed by atoms with Gasteiger partial charge in [0.2, 0.25) is 0 Å². The van der Waals surface area contributed by atoms with Crippen LogP contribution in [0.15, 0.2) is 197 Å². The molecule has 0 aliphatic heterocycles. The molecule has 0 saturated carbocycles. The van der Waals surface area contributed by atoms with E-state index in [0.717, 1.165) is 78.0 Å². The van der Waals surface area contributed by atoms with Crippen molar-refractivity contribution < 1.29 is 8.83 Å². The maximum absolute atomic E-state index is 6.33. The highest BCUT2D eigenvalue weighted by Crippen LogP contribution is 2.54. The van der Waals surface area contributed by atoms with Crippen LogP contribution in [0.4, 0.5) is 34.1 Å². The largest absolute Gasteiger partial charge is 0.456 e. The lowest BCUT2D eigenvalue weighted by Gasteiger charge is -2.38. The summed E-state index contributed by atoms with van der Waals surface area (Å²) < 4.78 is 12.7. The Hall–Kier alpha value is -8.08. The Morgan fingerprint density at radius 3 is 1.32 bits per heavy atom. The van der Waals surface area contributed by atoms with E-state index in [2.05, 4.69) is 248 Å². The highest BCUT2D eigenvalue weighted by Gasteiger charge is 2.36. The van der Waals surface area contributed by atoms with Crippen LogP contribution in [0.25, 0.3) is 76.5 Å². The molecule has 0 atom stereocenters. The zero-order valence-electron chi connectivity index (χ0n) is 42.6. The molecule has 4 nitrogen and oxygen atoms in total. The molecule has 12 aromatic rings. The Kier molecular flexibility index (Phi) is 9.58. The lowest BCUT2D eigenvalue weighted by molar-refractivity contribution is 0.590. The van der Waals surface area contributed by atoms with Crippen molar-refractivity contribution in [2.24, 2.45) is 0 Å². The van der Waals surface area contributed by atoms with E-state index in [-0.39, 0.29) is 16.2 Å². The molecule has 0 spiro atoms. The summed E-state index contributed by atoms with van der Waals surface area (Å²) in [7, 11) is 0. The highest BCUT2D eigenvalue weighted by atomic mass is 16.3. The van der Waals surface area contributed by atoms with Crippen molar-refractivity contribution in [3.8, 4) is 11.1 Å². The van der Waals surface area contributed by atoms with Crippen molar-refractivity contribution >= 4 is 99.5 Å². The Morgan fingerprint density at radius 2 is 0.792 bits per heavy atom. The Labute approximate surface area is 421 Å². The van der Waals surface area contributed by atoms with Crippen LogP contribution in [0, 0.1) is 6.92 Å². The quantitative estimate of drug-likeness (QED) is 0.156. The standard InChI is InChI=1S/C68H58N2O2/c1-41-50-33-29-46(69(44-25-21-42(22-26-44)66(2,3)4)47-31-35-62-56(38-47)51-15-10-12-19-60(51)71-62)37-55(50)53-17-14-18-58-65(53)64(41)54-34-30-49(40-59(54)68(58,8)9)70(45-27-23-43(24-28-45)67(5,6)7)48-32-36-63-57(39-48)52-16-11-13-20-61(52)72-63/h10-40H,1-9H3. The molecule has 0 unspecified atom stereocenters. The molecule has 10 aromatic carbocycles. The summed E-state index contributed by atoms with van der Waals surface area (Å²) in [5.74, 6) is 0. The fourth-order valence-corrected chi connectivity index (χ4v) is 11.8. The summed E-state index contributed by atoms with van der Waals surface area (Å²) >= 11 is 0. The van der Waals surface area contributed by atoms with Gasteiger partial charge in [0.15, 0.2) is 0 Å². The smallest absolute Gasteiger partial charge is 0.135 e. The SMILES string of the molecule is Cc1c2c3c(cccc3c3cc(N(c4ccc(C(C)(C)C)cc4)c4ccc5oc6ccccc6c5c4)ccc13)C(C)(C)c1cc(N(c3ccc(C(C)(C)C)cc3)c3ccc4oc5ccccc5c4c3)ccc1-2. The first-order valence-corrected chi connectivity index (χ1v) is 25.4. The summed E-state index contributed by atoms with van der Waals surface area (Å²) in [6, 6.07) is 69.4. The van der Waals surface area contributed by atoms with Crippen LogP contribution in [-0.2, 0) is 16.2 Å². The average Bonchev–Trinajstić information content (AvgIpc) is 3.94. The van der Waals surface area contributed by atoms with Crippen LogP contribution < -0.4 is 9.80 Å². The minimum atomic E-state index is -0.314. The zero-order chi connectivity index (χ0) is 49.4. The van der Waals surface area contributed by atoms with Crippen LogP contribution in [0.1, 0.15) is 83.2 Å². The minimum absolute atomic E-state index is 0.0364. The van der Waals surface area contributed by atoms with Crippen molar-refractivity contribution in [3.63, 3.8) is 0 Å². The van der Waals surface area contributed by atoms with Crippen molar-refractivity contribution in [1.29, 1.82) is 0 Å². The van der Waals surface area contributed by atoms with Gasteiger partial charge in [-0.25, -0.2) is 0 Å². The second-order valence-corrected chi connectivity index (χ2v) is 22.6. The van der Waals surface area contributed by atoms with Crippen LogP contribution in [-0.4, -0.2) is 0 Å². The molecular weight excluding hydrogens is 877 g/mol. The molecule has 0 bridgehead atoms. The third-order valence-electron chi connectivity index (χ3n) is 15.7. The first-order valence-electron chi connectivity index (χ1n) is 25.4. The van der Waals surface area contributed by atoms with Crippen LogP contribution in [0.2, 0.25) is 0 Å².